The molecule has 0 aromatic rings. The van der Waals surface area contributed by atoms with Crippen LogP contribution in [0.4, 0.5) is 4.79 Å². The molecule has 0 aliphatic carbocycles. The van der Waals surface area contributed by atoms with Crippen LogP contribution in [0.3, 0.4) is 0 Å². The first-order chi connectivity index (χ1) is 5.65. The van der Waals surface area contributed by atoms with Gasteiger partial charge in [-0.3, -0.25) is 0 Å². The van der Waals surface area contributed by atoms with Crippen LogP contribution in [0.25, 0.3) is 0 Å². The molecule has 1 fully saturated rings. The van der Waals surface area contributed by atoms with Crippen molar-refractivity contribution in [1.29, 1.82) is 5.26 Å². The molecular weight excluding hydrogens is 156 g/mol. The molecule has 4 nitrogen and oxygen atoms in total. The fourth-order valence-electron chi connectivity index (χ4n) is 1.38. The standard InChI is InChI=1S/C8H10N2O2/c1-6-4-7(2-3-9)5-10(6)8(11)12/h2,6H,4-5H2,1H3,(H,11,12)/t6-/m0/s1. The SMILES string of the molecule is C[C@H]1CC(=CC#N)CN1C(=O)O. The van der Waals surface area contributed by atoms with Crippen LogP contribution in [0.1, 0.15) is 13.3 Å². The van der Waals surface area contributed by atoms with E-state index in [4.69, 9.17) is 10.4 Å². The van der Waals surface area contributed by atoms with E-state index in [9.17, 15) is 4.79 Å². The molecule has 4 heteroatoms. The van der Waals surface area contributed by atoms with Gasteiger partial charge in [-0.25, -0.2) is 4.79 Å². The molecule has 1 aliphatic heterocycles. The summed E-state index contributed by atoms with van der Waals surface area (Å²) in [6.45, 7) is 2.22. The molecule has 0 spiro atoms. The van der Waals surface area contributed by atoms with Gasteiger partial charge >= 0.3 is 6.09 Å². The minimum atomic E-state index is -0.913. The summed E-state index contributed by atoms with van der Waals surface area (Å²) >= 11 is 0. The third kappa shape index (κ3) is 1.56. The van der Waals surface area contributed by atoms with Gasteiger partial charge in [-0.05, 0) is 18.9 Å². The highest BCUT2D eigenvalue weighted by atomic mass is 16.4. The summed E-state index contributed by atoms with van der Waals surface area (Å²) < 4.78 is 0. The number of hydrogen-bond acceptors (Lipinski definition) is 2. The highest BCUT2D eigenvalue weighted by molar-refractivity contribution is 5.66. The molecule has 1 atom stereocenters. The van der Waals surface area contributed by atoms with Gasteiger partial charge < -0.3 is 10.0 Å². The highest BCUT2D eigenvalue weighted by Gasteiger charge is 2.27. The van der Waals surface area contributed by atoms with Crippen LogP contribution in [0.15, 0.2) is 11.6 Å². The Kier molecular flexibility index (Phi) is 2.34. The fraction of sp³-hybridized carbons (Fsp3) is 0.500. The second-order valence-corrected chi connectivity index (χ2v) is 2.90. The number of carbonyl (C=O) groups is 1. The Morgan fingerprint density at radius 3 is 3.00 bits per heavy atom. The van der Waals surface area contributed by atoms with Crippen LogP contribution in [-0.2, 0) is 0 Å². The van der Waals surface area contributed by atoms with Crippen LogP contribution in [0.5, 0.6) is 0 Å². The normalized spacial score (nSPS) is 25.8. The molecule has 0 aromatic carbocycles. The molecule has 0 saturated carbocycles. The van der Waals surface area contributed by atoms with Crippen LogP contribution in [-0.4, -0.2) is 28.7 Å². The lowest BCUT2D eigenvalue weighted by molar-refractivity contribution is 0.144. The molecule has 1 rings (SSSR count). The molecule has 1 heterocycles. The maximum absolute atomic E-state index is 10.6. The van der Waals surface area contributed by atoms with Crippen molar-refractivity contribution in [1.82, 2.24) is 4.90 Å². The quantitative estimate of drug-likeness (QED) is 0.550. The van der Waals surface area contributed by atoms with E-state index < -0.39 is 6.09 Å². The first kappa shape index (κ1) is 8.60. The number of amides is 1. The molecule has 0 aromatic heterocycles. The second-order valence-electron chi connectivity index (χ2n) is 2.90. The molecule has 12 heavy (non-hydrogen) atoms. The Hall–Kier alpha value is -1.50. The van der Waals surface area contributed by atoms with Gasteiger partial charge in [0.2, 0.25) is 0 Å². The van der Waals surface area contributed by atoms with Gasteiger partial charge in [0.1, 0.15) is 0 Å². The third-order valence-corrected chi connectivity index (χ3v) is 1.98. The van der Waals surface area contributed by atoms with E-state index >= 15 is 0 Å². The summed E-state index contributed by atoms with van der Waals surface area (Å²) in [4.78, 5) is 11.9. The zero-order valence-electron chi connectivity index (χ0n) is 6.82. The number of allylic oxidation sites excluding steroid dienone is 1. The third-order valence-electron chi connectivity index (χ3n) is 1.98. The fourth-order valence-corrected chi connectivity index (χ4v) is 1.38. The van der Waals surface area contributed by atoms with Crippen molar-refractivity contribution in [2.45, 2.75) is 19.4 Å². The van der Waals surface area contributed by atoms with Crippen LogP contribution in [0.2, 0.25) is 0 Å². The number of nitrogens with zero attached hydrogens (tertiary/aromatic N) is 2. The first-order valence-electron chi connectivity index (χ1n) is 3.72. The summed E-state index contributed by atoms with van der Waals surface area (Å²) in [6.07, 6.45) is 1.20. The summed E-state index contributed by atoms with van der Waals surface area (Å²) in [6, 6.07) is 1.91. The molecular formula is C8H10N2O2. The van der Waals surface area contributed by atoms with E-state index in [0.29, 0.717) is 13.0 Å². The Morgan fingerprint density at radius 1 is 1.92 bits per heavy atom. The molecule has 0 bridgehead atoms. The van der Waals surface area contributed by atoms with Crippen molar-refractivity contribution >= 4 is 6.09 Å². The minimum absolute atomic E-state index is 0.00194. The average Bonchev–Trinajstić information content (AvgIpc) is 2.32. The number of hydrogen-bond donors (Lipinski definition) is 1. The van der Waals surface area contributed by atoms with Gasteiger partial charge in [0.05, 0.1) is 6.07 Å². The average molecular weight is 166 g/mol. The van der Waals surface area contributed by atoms with Crippen LogP contribution < -0.4 is 0 Å². The van der Waals surface area contributed by atoms with Gasteiger partial charge in [0, 0.05) is 18.7 Å². The number of carboxylic acid groups (broad SMARTS) is 1. The van der Waals surface area contributed by atoms with Gasteiger partial charge in [-0.15, -0.1) is 0 Å². The summed E-state index contributed by atoms with van der Waals surface area (Å²) in [7, 11) is 0. The number of rotatable bonds is 0. The predicted octanol–water partition coefficient (Wildman–Crippen LogP) is 1.21. The van der Waals surface area contributed by atoms with Gasteiger partial charge in [-0.1, -0.05) is 0 Å². The van der Waals surface area contributed by atoms with E-state index in [1.165, 1.54) is 11.0 Å². The largest absolute Gasteiger partial charge is 0.465 e. The van der Waals surface area contributed by atoms with Crippen molar-refractivity contribution < 1.29 is 9.90 Å². The highest BCUT2D eigenvalue weighted by Crippen LogP contribution is 2.21. The van der Waals surface area contributed by atoms with Gasteiger partial charge in [0.25, 0.3) is 0 Å². The zero-order valence-corrected chi connectivity index (χ0v) is 6.82. The smallest absolute Gasteiger partial charge is 0.407 e. The Bertz CT molecular complexity index is 265. The van der Waals surface area contributed by atoms with E-state index in [1.807, 2.05) is 13.0 Å². The lowest BCUT2D eigenvalue weighted by atomic mass is 10.2. The lowest BCUT2D eigenvalue weighted by Crippen LogP contribution is -2.31. The van der Waals surface area contributed by atoms with E-state index in [-0.39, 0.29) is 6.04 Å². The van der Waals surface area contributed by atoms with Crippen molar-refractivity contribution in [3.63, 3.8) is 0 Å². The maximum Gasteiger partial charge on any atom is 0.407 e. The minimum Gasteiger partial charge on any atom is -0.465 e. The van der Waals surface area contributed by atoms with E-state index in [1.54, 1.807) is 0 Å². The van der Waals surface area contributed by atoms with Gasteiger partial charge in [0.15, 0.2) is 0 Å². The molecule has 64 valence electrons. The number of likely N-dealkylation sites (tertiary alicyclic amines) is 1. The van der Waals surface area contributed by atoms with Gasteiger partial charge in [-0.2, -0.15) is 5.26 Å². The molecule has 1 N–H and O–H groups in total. The van der Waals surface area contributed by atoms with Crippen LogP contribution >= 0.6 is 0 Å². The molecule has 1 amide bonds. The molecule has 1 saturated heterocycles. The summed E-state index contributed by atoms with van der Waals surface area (Å²) in [5.41, 5.74) is 0.896. The monoisotopic (exact) mass is 166 g/mol. The summed E-state index contributed by atoms with van der Waals surface area (Å²) in [5, 5.41) is 17.0. The Labute approximate surface area is 70.7 Å². The maximum atomic E-state index is 10.6. The first-order valence-corrected chi connectivity index (χ1v) is 3.72. The topological polar surface area (TPSA) is 64.3 Å². The van der Waals surface area contributed by atoms with Crippen molar-refractivity contribution in [3.8, 4) is 6.07 Å². The van der Waals surface area contributed by atoms with E-state index in [2.05, 4.69) is 0 Å². The van der Waals surface area contributed by atoms with Crippen LogP contribution in [0, 0.1) is 11.3 Å². The van der Waals surface area contributed by atoms with Crippen molar-refractivity contribution in [2.24, 2.45) is 0 Å². The lowest BCUT2D eigenvalue weighted by Gasteiger charge is -2.15. The Balaban J connectivity index is 2.70. The molecule has 0 radical (unpaired) electrons. The summed E-state index contributed by atoms with van der Waals surface area (Å²) in [5.74, 6) is 0. The number of nitriles is 1. The second kappa shape index (κ2) is 3.26. The van der Waals surface area contributed by atoms with E-state index in [0.717, 1.165) is 5.57 Å². The van der Waals surface area contributed by atoms with Crippen molar-refractivity contribution in [2.75, 3.05) is 6.54 Å². The predicted molar refractivity (Wildman–Crippen MR) is 42.5 cm³/mol. The molecule has 0 unspecified atom stereocenters. The Morgan fingerprint density at radius 2 is 2.58 bits per heavy atom. The molecule has 1 aliphatic rings. The zero-order chi connectivity index (χ0) is 9.14. The van der Waals surface area contributed by atoms with Crippen molar-refractivity contribution in [3.05, 3.63) is 11.6 Å².